The fourth-order valence-electron chi connectivity index (χ4n) is 3.16. The van der Waals surface area contributed by atoms with E-state index in [4.69, 9.17) is 0 Å². The summed E-state index contributed by atoms with van der Waals surface area (Å²) in [7, 11) is -2.55. The quantitative estimate of drug-likeness (QED) is 0.514. The van der Waals surface area contributed by atoms with E-state index in [0.717, 1.165) is 31.4 Å². The largest absolute Gasteiger partial charge is 0.249 e. The topological polar surface area (TPSA) is 46.2 Å². The van der Waals surface area contributed by atoms with Crippen LogP contribution in [-0.2, 0) is 28.2 Å². The first-order valence-corrected chi connectivity index (χ1v) is 12.5. The summed E-state index contributed by atoms with van der Waals surface area (Å²) < 4.78 is 29.4. The molecule has 0 aliphatic rings. The summed E-state index contributed by atoms with van der Waals surface area (Å²) in [6.07, 6.45) is 0.656. The molecule has 0 aliphatic carbocycles. The maximum atomic E-state index is 13.2. The Balaban J connectivity index is 1.82. The third kappa shape index (κ3) is 5.75. The van der Waals surface area contributed by atoms with Crippen LogP contribution in [0.5, 0.6) is 0 Å². The molecule has 0 bridgehead atoms. The van der Waals surface area contributed by atoms with E-state index >= 15 is 0 Å². The van der Waals surface area contributed by atoms with Gasteiger partial charge in [0.1, 0.15) is 11.0 Å². The maximum absolute atomic E-state index is 13.2. The molecule has 0 heterocycles. The Morgan fingerprint density at radius 3 is 1.87 bits per heavy atom. The van der Waals surface area contributed by atoms with Crippen molar-refractivity contribution in [3.63, 3.8) is 0 Å². The molecule has 0 aliphatic heterocycles. The summed E-state index contributed by atoms with van der Waals surface area (Å²) in [6.45, 7) is 8.27. The average molecular weight is 440 g/mol. The van der Waals surface area contributed by atoms with Crippen LogP contribution >= 0.6 is 0 Å². The highest BCUT2D eigenvalue weighted by Gasteiger charge is 2.20. The fraction of sp³-hybridized carbons (Fsp3) is 0.280. The number of hydrogen-bond acceptors (Lipinski definition) is 2. The molecule has 0 amide bonds. The molecule has 0 saturated carbocycles. The van der Waals surface area contributed by atoms with Crippen molar-refractivity contribution in [3.8, 4) is 0 Å². The molecule has 0 saturated heterocycles. The van der Waals surface area contributed by atoms with E-state index in [9.17, 15) is 8.42 Å². The first-order valence-electron chi connectivity index (χ1n) is 10.2. The standard InChI is InChI=1S/C25H29NO2S2/c1-18(2)24(26-30(28)23-15-11-20(4)12-16-23)17-21-7-5-6-8-25(21)29(27)22-13-9-19(3)10-14-22/h5-16,18,24,26H,17H2,1-4H3/t24-,29+,30+/m1/s1. The minimum absolute atomic E-state index is 0.0108. The molecule has 0 aromatic heterocycles. The molecular weight excluding hydrogens is 410 g/mol. The molecule has 0 unspecified atom stereocenters. The highest BCUT2D eigenvalue weighted by Crippen LogP contribution is 2.23. The third-order valence-electron chi connectivity index (χ3n) is 5.15. The average Bonchev–Trinajstić information content (AvgIpc) is 2.74. The summed E-state index contributed by atoms with van der Waals surface area (Å²) in [4.78, 5) is 2.38. The summed E-state index contributed by atoms with van der Waals surface area (Å²) in [5.74, 6) is 0.264. The Morgan fingerprint density at radius 1 is 0.767 bits per heavy atom. The second-order valence-corrected chi connectivity index (χ2v) is 10.6. The Hall–Kier alpha value is -2.08. The van der Waals surface area contributed by atoms with Gasteiger partial charge in [-0.25, -0.2) is 13.1 Å². The van der Waals surface area contributed by atoms with Gasteiger partial charge in [-0.05, 0) is 62.1 Å². The van der Waals surface area contributed by atoms with Crippen molar-refractivity contribution < 1.29 is 8.42 Å². The van der Waals surface area contributed by atoms with E-state index in [1.165, 1.54) is 0 Å². The molecule has 0 fully saturated rings. The Bertz CT molecular complexity index is 1030. The van der Waals surface area contributed by atoms with Gasteiger partial charge in [0.2, 0.25) is 0 Å². The Kier molecular flexibility index (Phi) is 7.75. The minimum atomic E-state index is -1.30. The van der Waals surface area contributed by atoms with Crippen molar-refractivity contribution in [2.24, 2.45) is 5.92 Å². The summed E-state index contributed by atoms with van der Waals surface area (Å²) >= 11 is 0. The van der Waals surface area contributed by atoms with E-state index in [2.05, 4.69) is 18.6 Å². The fourth-order valence-corrected chi connectivity index (χ4v) is 5.54. The van der Waals surface area contributed by atoms with Gasteiger partial charge in [0.25, 0.3) is 0 Å². The van der Waals surface area contributed by atoms with Crippen LogP contribution in [0, 0.1) is 19.8 Å². The lowest BCUT2D eigenvalue weighted by atomic mass is 9.97. The predicted molar refractivity (Wildman–Crippen MR) is 125 cm³/mol. The Labute approximate surface area is 185 Å². The minimum Gasteiger partial charge on any atom is -0.249 e. The number of hydrogen-bond donors (Lipinski definition) is 1. The molecule has 1 N–H and O–H groups in total. The summed E-state index contributed by atoms with van der Waals surface area (Å²) in [5, 5.41) is 0. The monoisotopic (exact) mass is 439 g/mol. The Morgan fingerprint density at radius 2 is 1.30 bits per heavy atom. The van der Waals surface area contributed by atoms with E-state index in [1.54, 1.807) is 0 Å². The number of rotatable bonds is 8. The second-order valence-electron chi connectivity index (χ2n) is 7.94. The van der Waals surface area contributed by atoms with Crippen LogP contribution in [0.1, 0.15) is 30.5 Å². The molecule has 5 heteroatoms. The first kappa shape index (κ1) is 22.6. The van der Waals surface area contributed by atoms with Crippen molar-refractivity contribution in [1.29, 1.82) is 0 Å². The first-order chi connectivity index (χ1) is 14.3. The van der Waals surface area contributed by atoms with Crippen molar-refractivity contribution in [2.45, 2.75) is 54.8 Å². The highest BCUT2D eigenvalue weighted by atomic mass is 32.2. The van der Waals surface area contributed by atoms with Crippen molar-refractivity contribution in [3.05, 3.63) is 89.5 Å². The smallest absolute Gasteiger partial charge is 0.125 e. The van der Waals surface area contributed by atoms with Crippen LogP contribution in [0.25, 0.3) is 0 Å². The van der Waals surface area contributed by atoms with Crippen molar-refractivity contribution >= 4 is 21.8 Å². The van der Waals surface area contributed by atoms with Gasteiger partial charge >= 0.3 is 0 Å². The van der Waals surface area contributed by atoms with E-state index in [1.807, 2.05) is 86.6 Å². The van der Waals surface area contributed by atoms with Gasteiger partial charge < -0.3 is 0 Å². The lowest BCUT2D eigenvalue weighted by Crippen LogP contribution is -2.37. The molecule has 30 heavy (non-hydrogen) atoms. The van der Waals surface area contributed by atoms with Crippen LogP contribution in [0.4, 0.5) is 0 Å². The van der Waals surface area contributed by atoms with Crippen LogP contribution in [0.15, 0.2) is 87.5 Å². The van der Waals surface area contributed by atoms with Gasteiger partial charge in [-0.3, -0.25) is 0 Å². The molecule has 3 rings (SSSR count). The molecule has 3 aromatic carbocycles. The molecule has 0 spiro atoms. The lowest BCUT2D eigenvalue weighted by molar-refractivity contribution is 0.455. The van der Waals surface area contributed by atoms with Crippen molar-refractivity contribution in [2.75, 3.05) is 0 Å². The van der Waals surface area contributed by atoms with Crippen LogP contribution in [0.3, 0.4) is 0 Å². The van der Waals surface area contributed by atoms with Crippen molar-refractivity contribution in [1.82, 2.24) is 4.72 Å². The zero-order valence-electron chi connectivity index (χ0n) is 17.9. The zero-order chi connectivity index (χ0) is 21.7. The molecule has 3 atom stereocenters. The summed E-state index contributed by atoms with van der Waals surface area (Å²) in [6, 6.07) is 23.4. The van der Waals surface area contributed by atoms with E-state index < -0.39 is 21.8 Å². The van der Waals surface area contributed by atoms with E-state index in [-0.39, 0.29) is 12.0 Å². The molecule has 0 radical (unpaired) electrons. The summed E-state index contributed by atoms with van der Waals surface area (Å²) in [5.41, 5.74) is 3.30. The third-order valence-corrected chi connectivity index (χ3v) is 7.86. The van der Waals surface area contributed by atoms with Crippen LogP contribution < -0.4 is 4.72 Å². The van der Waals surface area contributed by atoms with E-state index in [0.29, 0.717) is 6.42 Å². The maximum Gasteiger partial charge on any atom is 0.125 e. The van der Waals surface area contributed by atoms with Crippen LogP contribution in [0.2, 0.25) is 0 Å². The second kappa shape index (κ2) is 10.3. The van der Waals surface area contributed by atoms with Gasteiger partial charge in [0.05, 0.1) is 15.7 Å². The highest BCUT2D eigenvalue weighted by molar-refractivity contribution is 7.85. The molecule has 158 valence electrons. The van der Waals surface area contributed by atoms with Crippen LogP contribution in [-0.4, -0.2) is 14.5 Å². The SMILES string of the molecule is Cc1ccc([S@](=O)c2ccccc2C[C@@H](N[S@@](=O)c2ccc(C)cc2)C(C)C)cc1. The van der Waals surface area contributed by atoms with Gasteiger partial charge in [0.15, 0.2) is 0 Å². The van der Waals surface area contributed by atoms with Gasteiger partial charge in [0, 0.05) is 15.8 Å². The molecule has 3 aromatic rings. The zero-order valence-corrected chi connectivity index (χ0v) is 19.6. The normalized spacial score (nSPS) is 14.4. The van der Waals surface area contributed by atoms with Gasteiger partial charge in [-0.2, -0.15) is 0 Å². The predicted octanol–water partition coefficient (Wildman–Crippen LogP) is 5.35. The molecule has 3 nitrogen and oxygen atoms in total. The number of nitrogens with one attached hydrogen (secondary N) is 1. The van der Waals surface area contributed by atoms with Gasteiger partial charge in [-0.1, -0.05) is 67.4 Å². The number of aryl methyl sites for hydroxylation is 2. The molecular formula is C25H29NO2S2. The lowest BCUT2D eigenvalue weighted by Gasteiger charge is -2.23. The van der Waals surface area contributed by atoms with Gasteiger partial charge in [-0.15, -0.1) is 0 Å². The number of benzene rings is 3.